The van der Waals surface area contributed by atoms with Gasteiger partial charge in [0.2, 0.25) is 0 Å². The number of hydrogen-bond acceptors (Lipinski definition) is 2. The average molecular weight is 311 g/mol. The lowest BCUT2D eigenvalue weighted by molar-refractivity contribution is 0.0875. The van der Waals surface area contributed by atoms with Crippen LogP contribution in [0.1, 0.15) is 24.8 Å². The van der Waals surface area contributed by atoms with Gasteiger partial charge in [-0.1, -0.05) is 23.7 Å². The second-order valence-electron chi connectivity index (χ2n) is 5.48. The van der Waals surface area contributed by atoms with E-state index in [9.17, 15) is 4.79 Å². The minimum absolute atomic E-state index is 0.0263. The molecule has 2 amide bonds. The molecule has 5 heteroatoms. The van der Waals surface area contributed by atoms with E-state index in [-0.39, 0.29) is 12.1 Å². The monoisotopic (exact) mass is 310 g/mol. The predicted octanol–water partition coefficient (Wildman–Crippen LogP) is 3.09. The highest BCUT2D eigenvalue weighted by molar-refractivity contribution is 6.30. The van der Waals surface area contributed by atoms with Crippen molar-refractivity contribution in [3.05, 3.63) is 34.9 Å². The first-order chi connectivity index (χ1) is 10.1. The van der Waals surface area contributed by atoms with Gasteiger partial charge in [0.15, 0.2) is 0 Å². The van der Waals surface area contributed by atoms with Gasteiger partial charge in [0.1, 0.15) is 0 Å². The van der Waals surface area contributed by atoms with Gasteiger partial charge in [-0.05, 0) is 43.4 Å². The number of benzene rings is 1. The van der Waals surface area contributed by atoms with Gasteiger partial charge in [0.25, 0.3) is 0 Å². The zero-order valence-electron chi connectivity index (χ0n) is 12.5. The number of carbonyl (C=O) groups excluding carboxylic acids is 1. The minimum Gasteiger partial charge on any atom is -0.376 e. The third kappa shape index (κ3) is 5.56. The molecule has 1 aliphatic heterocycles. The van der Waals surface area contributed by atoms with E-state index in [1.807, 2.05) is 31.3 Å². The van der Waals surface area contributed by atoms with E-state index < -0.39 is 0 Å². The first kappa shape index (κ1) is 16.1. The van der Waals surface area contributed by atoms with Gasteiger partial charge < -0.3 is 15.0 Å². The summed E-state index contributed by atoms with van der Waals surface area (Å²) in [6.45, 7) is 2.17. The lowest BCUT2D eigenvalue weighted by Crippen LogP contribution is -2.41. The van der Waals surface area contributed by atoms with Crippen molar-refractivity contribution in [1.82, 2.24) is 10.2 Å². The zero-order chi connectivity index (χ0) is 15.1. The van der Waals surface area contributed by atoms with Crippen LogP contribution in [-0.4, -0.2) is 43.8 Å². The number of amides is 2. The van der Waals surface area contributed by atoms with Crippen LogP contribution in [0.25, 0.3) is 0 Å². The van der Waals surface area contributed by atoms with E-state index in [1.165, 1.54) is 5.56 Å². The fourth-order valence-corrected chi connectivity index (χ4v) is 2.58. The Morgan fingerprint density at radius 1 is 1.43 bits per heavy atom. The van der Waals surface area contributed by atoms with Gasteiger partial charge in [-0.15, -0.1) is 0 Å². The largest absolute Gasteiger partial charge is 0.376 e. The fourth-order valence-electron chi connectivity index (χ4n) is 2.45. The van der Waals surface area contributed by atoms with E-state index in [2.05, 4.69) is 5.32 Å². The minimum atomic E-state index is -0.0263. The summed E-state index contributed by atoms with van der Waals surface area (Å²) in [7, 11) is 1.82. The first-order valence-corrected chi connectivity index (χ1v) is 7.88. The molecule has 4 nitrogen and oxygen atoms in total. The number of aryl methyl sites for hydroxylation is 1. The maximum Gasteiger partial charge on any atom is 0.317 e. The molecular weight excluding hydrogens is 288 g/mol. The molecule has 0 aromatic heterocycles. The summed E-state index contributed by atoms with van der Waals surface area (Å²) < 4.78 is 5.53. The first-order valence-electron chi connectivity index (χ1n) is 7.50. The van der Waals surface area contributed by atoms with Crippen LogP contribution in [0.15, 0.2) is 24.3 Å². The second kappa shape index (κ2) is 8.25. The van der Waals surface area contributed by atoms with E-state index in [0.717, 1.165) is 37.3 Å². The lowest BCUT2D eigenvalue weighted by Gasteiger charge is -2.21. The molecule has 1 aromatic carbocycles. The van der Waals surface area contributed by atoms with Crippen LogP contribution in [0.4, 0.5) is 4.79 Å². The average Bonchev–Trinajstić information content (AvgIpc) is 2.98. The maximum absolute atomic E-state index is 11.9. The number of hydrogen-bond donors (Lipinski definition) is 1. The Balaban J connectivity index is 1.61. The van der Waals surface area contributed by atoms with Crippen molar-refractivity contribution in [2.45, 2.75) is 31.8 Å². The molecule has 2 rings (SSSR count). The van der Waals surface area contributed by atoms with Crippen molar-refractivity contribution < 1.29 is 9.53 Å². The summed E-state index contributed by atoms with van der Waals surface area (Å²) in [5.74, 6) is 0. The number of nitrogens with zero attached hydrogens (tertiary/aromatic N) is 1. The van der Waals surface area contributed by atoms with E-state index in [4.69, 9.17) is 16.3 Å². The Labute approximate surface area is 131 Å². The van der Waals surface area contributed by atoms with Crippen molar-refractivity contribution in [3.63, 3.8) is 0 Å². The third-order valence-corrected chi connectivity index (χ3v) is 3.93. The van der Waals surface area contributed by atoms with Crippen LogP contribution in [-0.2, 0) is 11.2 Å². The van der Waals surface area contributed by atoms with Crippen molar-refractivity contribution in [2.24, 2.45) is 0 Å². The summed E-state index contributed by atoms with van der Waals surface area (Å²) in [5, 5.41) is 3.70. The molecule has 0 saturated carbocycles. The van der Waals surface area contributed by atoms with E-state index >= 15 is 0 Å². The standard InChI is InChI=1S/C16H23ClN2O2/c1-19(12-15-5-3-11-21-15)16(20)18-10-2-4-13-6-8-14(17)9-7-13/h6-9,15H,2-5,10-12H2,1H3,(H,18,20). The van der Waals surface area contributed by atoms with Crippen LogP contribution in [0.5, 0.6) is 0 Å². The Hall–Kier alpha value is -1.26. The highest BCUT2D eigenvalue weighted by Crippen LogP contribution is 2.13. The molecule has 1 atom stereocenters. The topological polar surface area (TPSA) is 41.6 Å². The smallest absolute Gasteiger partial charge is 0.317 e. The Kier molecular flexibility index (Phi) is 6.33. The highest BCUT2D eigenvalue weighted by atomic mass is 35.5. The van der Waals surface area contributed by atoms with Gasteiger partial charge >= 0.3 is 6.03 Å². The molecule has 1 N–H and O–H groups in total. The highest BCUT2D eigenvalue weighted by Gasteiger charge is 2.19. The van der Waals surface area contributed by atoms with Crippen LogP contribution in [0.2, 0.25) is 5.02 Å². The number of nitrogens with one attached hydrogen (secondary N) is 1. The third-order valence-electron chi connectivity index (χ3n) is 3.68. The Bertz CT molecular complexity index is 444. The Morgan fingerprint density at radius 2 is 2.19 bits per heavy atom. The fraction of sp³-hybridized carbons (Fsp3) is 0.562. The quantitative estimate of drug-likeness (QED) is 0.820. The summed E-state index contributed by atoms with van der Waals surface area (Å²) in [6.07, 6.45) is 4.21. The SMILES string of the molecule is CN(CC1CCCO1)C(=O)NCCCc1ccc(Cl)cc1. The van der Waals surface area contributed by atoms with E-state index in [1.54, 1.807) is 4.90 Å². The summed E-state index contributed by atoms with van der Waals surface area (Å²) in [4.78, 5) is 13.6. The van der Waals surface area contributed by atoms with Gasteiger partial charge in [0.05, 0.1) is 6.10 Å². The number of ether oxygens (including phenoxy) is 1. The van der Waals surface area contributed by atoms with Crippen molar-refractivity contribution >= 4 is 17.6 Å². The van der Waals surface area contributed by atoms with Crippen molar-refractivity contribution in [1.29, 1.82) is 0 Å². The van der Waals surface area contributed by atoms with Crippen LogP contribution in [0, 0.1) is 0 Å². The summed E-state index contributed by atoms with van der Waals surface area (Å²) in [6, 6.07) is 7.80. The molecule has 0 bridgehead atoms. The molecule has 1 fully saturated rings. The number of carbonyl (C=O) groups is 1. The molecule has 1 aliphatic rings. The second-order valence-corrected chi connectivity index (χ2v) is 5.91. The van der Waals surface area contributed by atoms with Crippen LogP contribution < -0.4 is 5.32 Å². The van der Waals surface area contributed by atoms with Crippen molar-refractivity contribution in [2.75, 3.05) is 26.7 Å². The molecule has 116 valence electrons. The van der Waals surface area contributed by atoms with Gasteiger partial charge in [-0.3, -0.25) is 0 Å². The number of halogens is 1. The molecule has 1 saturated heterocycles. The molecule has 21 heavy (non-hydrogen) atoms. The maximum atomic E-state index is 11.9. The normalized spacial score (nSPS) is 17.7. The van der Waals surface area contributed by atoms with Crippen molar-refractivity contribution in [3.8, 4) is 0 Å². The predicted molar refractivity (Wildman–Crippen MR) is 84.8 cm³/mol. The number of rotatable bonds is 6. The molecule has 1 heterocycles. The Morgan fingerprint density at radius 3 is 2.86 bits per heavy atom. The molecule has 0 spiro atoms. The molecule has 0 aliphatic carbocycles. The van der Waals surface area contributed by atoms with Gasteiger partial charge in [0, 0.05) is 31.8 Å². The molecule has 1 unspecified atom stereocenters. The van der Waals surface area contributed by atoms with Gasteiger partial charge in [-0.2, -0.15) is 0 Å². The van der Waals surface area contributed by atoms with Gasteiger partial charge in [-0.25, -0.2) is 4.79 Å². The lowest BCUT2D eigenvalue weighted by atomic mass is 10.1. The summed E-state index contributed by atoms with van der Waals surface area (Å²) >= 11 is 5.85. The number of likely N-dealkylation sites (N-methyl/N-ethyl adjacent to an activating group) is 1. The number of urea groups is 1. The van der Waals surface area contributed by atoms with E-state index in [0.29, 0.717) is 13.1 Å². The van der Waals surface area contributed by atoms with Crippen LogP contribution >= 0.6 is 11.6 Å². The summed E-state index contributed by atoms with van der Waals surface area (Å²) in [5.41, 5.74) is 1.24. The molecule has 1 aromatic rings. The van der Waals surface area contributed by atoms with Crippen LogP contribution in [0.3, 0.4) is 0 Å². The molecule has 0 radical (unpaired) electrons. The molecular formula is C16H23ClN2O2. The zero-order valence-corrected chi connectivity index (χ0v) is 13.2.